The molecule has 1 saturated carbocycles. The van der Waals surface area contributed by atoms with Crippen molar-refractivity contribution >= 4 is 42.3 Å². The lowest BCUT2D eigenvalue weighted by molar-refractivity contribution is 0.0600. The zero-order chi connectivity index (χ0) is 29.9. The number of nitrogens with zero attached hydrogens (tertiary/aromatic N) is 5. The SMILES string of the molecule is COC(=O)c1ccc(-n2cccc(Nc3cc(P(C)Cc4ccccc4)c4ncc(C(=O)NC5CCC5)n4n3)c2=O)nc1. The highest BCUT2D eigenvalue weighted by atomic mass is 31.1. The summed E-state index contributed by atoms with van der Waals surface area (Å²) in [5, 5.41) is 11.9. The van der Waals surface area contributed by atoms with E-state index in [2.05, 4.69) is 39.4 Å². The summed E-state index contributed by atoms with van der Waals surface area (Å²) in [5.41, 5.74) is 2.35. The lowest BCUT2D eigenvalue weighted by Crippen LogP contribution is -2.40. The highest BCUT2D eigenvalue weighted by Gasteiger charge is 2.24. The zero-order valence-electron chi connectivity index (χ0n) is 23.7. The summed E-state index contributed by atoms with van der Waals surface area (Å²) >= 11 is 0. The number of amides is 1. The van der Waals surface area contributed by atoms with E-state index in [1.54, 1.807) is 41.2 Å². The Morgan fingerprint density at radius 3 is 2.56 bits per heavy atom. The molecule has 1 aliphatic rings. The topological polar surface area (TPSA) is 133 Å². The normalized spacial score (nSPS) is 13.7. The number of ether oxygens (including phenoxy) is 1. The molecule has 12 heteroatoms. The number of methoxy groups -OCH3 is 1. The van der Waals surface area contributed by atoms with Gasteiger partial charge in [0, 0.05) is 23.7 Å². The molecule has 1 unspecified atom stereocenters. The van der Waals surface area contributed by atoms with E-state index in [1.807, 2.05) is 24.3 Å². The molecule has 0 aliphatic heterocycles. The minimum Gasteiger partial charge on any atom is -0.465 e. The van der Waals surface area contributed by atoms with E-state index in [1.165, 1.54) is 23.4 Å². The van der Waals surface area contributed by atoms with Gasteiger partial charge in [-0.2, -0.15) is 0 Å². The van der Waals surface area contributed by atoms with Gasteiger partial charge in [0.25, 0.3) is 11.5 Å². The monoisotopic (exact) mass is 595 g/mol. The molecule has 1 atom stereocenters. The van der Waals surface area contributed by atoms with Crippen molar-refractivity contribution in [3.8, 4) is 5.82 Å². The van der Waals surface area contributed by atoms with Crippen LogP contribution in [-0.4, -0.2) is 55.8 Å². The molecule has 6 rings (SSSR count). The van der Waals surface area contributed by atoms with Gasteiger partial charge in [-0.05, 0) is 68.0 Å². The van der Waals surface area contributed by atoms with Crippen LogP contribution in [0.5, 0.6) is 0 Å². The van der Waals surface area contributed by atoms with E-state index in [-0.39, 0.29) is 28.8 Å². The zero-order valence-corrected chi connectivity index (χ0v) is 24.6. The molecule has 1 amide bonds. The Labute approximate surface area is 248 Å². The minimum atomic E-state index is -0.743. The molecular formula is C31H30N7O4P. The standard InChI is InChI=1S/C31H30N7O4P/c1-42-31(41)21-13-14-27(32-17-21)37-15-7-12-23(30(37)40)35-26-16-25(43(2)19-20-8-4-3-5-9-20)28-33-18-24(38(28)36-26)29(39)34-22-10-6-11-22/h3-5,7-9,12-18,22H,6,10-11,19H2,1-2H3,(H,34,39)(H,35,36). The number of esters is 1. The fourth-order valence-electron chi connectivity index (χ4n) is 4.88. The Morgan fingerprint density at radius 1 is 1.05 bits per heavy atom. The molecular weight excluding hydrogens is 565 g/mol. The molecule has 0 spiro atoms. The number of benzene rings is 1. The average Bonchev–Trinajstić information content (AvgIpc) is 3.44. The summed E-state index contributed by atoms with van der Waals surface area (Å²) in [5.74, 6) is 0.0154. The quantitative estimate of drug-likeness (QED) is 0.193. The van der Waals surface area contributed by atoms with Crippen molar-refractivity contribution in [2.75, 3.05) is 19.1 Å². The third-order valence-corrected chi connectivity index (χ3v) is 9.41. The number of hydrogen-bond acceptors (Lipinski definition) is 8. The second kappa shape index (κ2) is 12.1. The Kier molecular flexibility index (Phi) is 7.98. The summed E-state index contributed by atoms with van der Waals surface area (Å²) in [4.78, 5) is 47.4. The first kappa shape index (κ1) is 28.2. The highest BCUT2D eigenvalue weighted by molar-refractivity contribution is 7.64. The number of fused-ring (bicyclic) bond motifs is 1. The van der Waals surface area contributed by atoms with Crippen molar-refractivity contribution in [3.63, 3.8) is 0 Å². The molecule has 1 aliphatic carbocycles. The maximum absolute atomic E-state index is 13.5. The Bertz CT molecular complexity index is 1850. The number of hydrogen-bond donors (Lipinski definition) is 2. The van der Waals surface area contributed by atoms with Crippen LogP contribution in [0.25, 0.3) is 11.5 Å². The van der Waals surface area contributed by atoms with E-state index in [4.69, 9.17) is 9.84 Å². The van der Waals surface area contributed by atoms with Crippen LogP contribution < -0.4 is 21.5 Å². The molecule has 4 heterocycles. The smallest absolute Gasteiger partial charge is 0.339 e. The van der Waals surface area contributed by atoms with Gasteiger partial charge in [0.15, 0.2) is 17.2 Å². The molecule has 1 fully saturated rings. The number of carbonyl (C=O) groups excluding carboxylic acids is 2. The first-order valence-electron chi connectivity index (χ1n) is 13.9. The summed E-state index contributed by atoms with van der Waals surface area (Å²) in [7, 11) is 0.552. The van der Waals surface area contributed by atoms with Crippen molar-refractivity contribution in [1.82, 2.24) is 29.5 Å². The Balaban J connectivity index is 1.37. The summed E-state index contributed by atoms with van der Waals surface area (Å²) in [6.45, 7) is 2.17. The molecule has 0 saturated heterocycles. The van der Waals surface area contributed by atoms with E-state index < -0.39 is 13.9 Å². The second-order valence-corrected chi connectivity index (χ2v) is 12.5. The van der Waals surface area contributed by atoms with Gasteiger partial charge in [-0.3, -0.25) is 14.2 Å². The number of imidazole rings is 1. The molecule has 218 valence electrons. The van der Waals surface area contributed by atoms with Crippen LogP contribution in [0.15, 0.2) is 84.0 Å². The minimum absolute atomic E-state index is 0.165. The van der Waals surface area contributed by atoms with Crippen molar-refractivity contribution < 1.29 is 14.3 Å². The van der Waals surface area contributed by atoms with Gasteiger partial charge in [0.1, 0.15) is 11.5 Å². The van der Waals surface area contributed by atoms with Crippen molar-refractivity contribution in [1.29, 1.82) is 0 Å². The van der Waals surface area contributed by atoms with Crippen LogP contribution in [0.1, 0.15) is 45.7 Å². The van der Waals surface area contributed by atoms with Gasteiger partial charge < -0.3 is 15.4 Å². The van der Waals surface area contributed by atoms with E-state index in [9.17, 15) is 14.4 Å². The van der Waals surface area contributed by atoms with Gasteiger partial charge in [0.05, 0.1) is 18.9 Å². The molecule has 1 aromatic carbocycles. The number of aromatic nitrogens is 5. The third-order valence-electron chi connectivity index (χ3n) is 7.42. The largest absolute Gasteiger partial charge is 0.465 e. The predicted molar refractivity (Wildman–Crippen MR) is 165 cm³/mol. The van der Waals surface area contributed by atoms with Crippen molar-refractivity contribution in [3.05, 3.63) is 106 Å². The number of nitrogens with one attached hydrogen (secondary N) is 2. The molecule has 2 N–H and O–H groups in total. The summed E-state index contributed by atoms with van der Waals surface area (Å²) in [6, 6.07) is 18.8. The highest BCUT2D eigenvalue weighted by Crippen LogP contribution is 2.36. The van der Waals surface area contributed by atoms with E-state index in [0.717, 1.165) is 30.7 Å². The Morgan fingerprint density at radius 2 is 1.86 bits per heavy atom. The average molecular weight is 596 g/mol. The fourth-order valence-corrected chi connectivity index (χ4v) is 6.64. The van der Waals surface area contributed by atoms with E-state index in [0.29, 0.717) is 23.0 Å². The van der Waals surface area contributed by atoms with Gasteiger partial charge in [-0.1, -0.05) is 38.3 Å². The van der Waals surface area contributed by atoms with Crippen LogP contribution in [0.4, 0.5) is 11.5 Å². The van der Waals surface area contributed by atoms with Gasteiger partial charge in [0.2, 0.25) is 0 Å². The van der Waals surface area contributed by atoms with E-state index >= 15 is 0 Å². The Hall–Kier alpha value is -4.89. The molecule has 4 aromatic heterocycles. The fraction of sp³-hybridized carbons (Fsp3) is 0.226. The number of rotatable bonds is 9. The number of carbonyl (C=O) groups is 2. The van der Waals surface area contributed by atoms with Crippen LogP contribution >= 0.6 is 7.92 Å². The maximum Gasteiger partial charge on any atom is 0.339 e. The van der Waals surface area contributed by atoms with Crippen molar-refractivity contribution in [2.24, 2.45) is 0 Å². The first-order chi connectivity index (χ1) is 20.9. The summed E-state index contributed by atoms with van der Waals surface area (Å²) < 4.78 is 7.68. The molecule has 0 bridgehead atoms. The van der Waals surface area contributed by atoms with Crippen LogP contribution in [0.2, 0.25) is 0 Å². The lowest BCUT2D eigenvalue weighted by atomic mass is 9.93. The van der Waals surface area contributed by atoms with Crippen LogP contribution in [-0.2, 0) is 10.9 Å². The van der Waals surface area contributed by atoms with Crippen LogP contribution in [0, 0.1) is 0 Å². The van der Waals surface area contributed by atoms with Crippen LogP contribution in [0.3, 0.4) is 0 Å². The number of anilines is 2. The van der Waals surface area contributed by atoms with Gasteiger partial charge in [-0.15, -0.1) is 5.10 Å². The molecule has 5 aromatic rings. The van der Waals surface area contributed by atoms with Gasteiger partial charge in [-0.25, -0.2) is 19.3 Å². The number of pyridine rings is 2. The maximum atomic E-state index is 13.5. The lowest BCUT2D eigenvalue weighted by Gasteiger charge is -2.26. The third kappa shape index (κ3) is 5.89. The van der Waals surface area contributed by atoms with Crippen molar-refractivity contribution in [2.45, 2.75) is 31.5 Å². The predicted octanol–water partition coefficient (Wildman–Crippen LogP) is 4.02. The molecule has 0 radical (unpaired) electrons. The molecule has 43 heavy (non-hydrogen) atoms. The van der Waals surface area contributed by atoms with Gasteiger partial charge >= 0.3 is 5.97 Å². The molecule has 11 nitrogen and oxygen atoms in total. The second-order valence-electron chi connectivity index (χ2n) is 10.4. The first-order valence-corrected chi connectivity index (χ1v) is 15.9. The summed E-state index contributed by atoms with van der Waals surface area (Å²) in [6.07, 6.45) is 8.37.